The van der Waals surface area contributed by atoms with E-state index in [-0.39, 0.29) is 0 Å². The summed E-state index contributed by atoms with van der Waals surface area (Å²) in [6.07, 6.45) is 6.38. The third-order valence-corrected chi connectivity index (χ3v) is 13.9. The fourth-order valence-electron chi connectivity index (χ4n) is 10.4. The minimum absolute atomic E-state index is 0.954. The molecule has 0 unspecified atom stereocenters. The summed E-state index contributed by atoms with van der Waals surface area (Å²) >= 11 is 0. The third-order valence-electron chi connectivity index (χ3n) is 13.9. The van der Waals surface area contributed by atoms with Crippen LogP contribution in [-0.4, -0.2) is 4.57 Å². The summed E-state index contributed by atoms with van der Waals surface area (Å²) in [4.78, 5) is 4.61. The van der Waals surface area contributed by atoms with Crippen LogP contribution in [0.3, 0.4) is 0 Å². The van der Waals surface area contributed by atoms with E-state index in [4.69, 9.17) is 4.42 Å². The summed E-state index contributed by atoms with van der Waals surface area (Å²) < 4.78 is 8.63. The molecule has 0 bridgehead atoms. The molecule has 1 aliphatic rings. The maximum Gasteiger partial charge on any atom is 0.135 e. The van der Waals surface area contributed by atoms with Gasteiger partial charge < -0.3 is 18.8 Å². The van der Waals surface area contributed by atoms with Gasteiger partial charge in [-0.3, -0.25) is 0 Å². The van der Waals surface area contributed by atoms with Crippen LogP contribution < -0.4 is 9.80 Å². The molecule has 0 fully saturated rings. The van der Waals surface area contributed by atoms with Gasteiger partial charge in [0.2, 0.25) is 0 Å². The fraction of sp³-hybridized carbons (Fsp3) is 0.0303. The van der Waals surface area contributed by atoms with Crippen LogP contribution in [0.25, 0.3) is 77.9 Å². The number of rotatable bonds is 10. The Morgan fingerprint density at radius 1 is 0.343 bits per heavy atom. The molecule has 0 N–H and O–H groups in total. The number of furan rings is 1. The second-order valence-corrected chi connectivity index (χ2v) is 18.0. The summed E-state index contributed by atoms with van der Waals surface area (Å²) in [6, 6.07) is 89.8. The lowest BCUT2D eigenvalue weighted by Gasteiger charge is -2.25. The molecule has 0 spiro atoms. The van der Waals surface area contributed by atoms with Crippen molar-refractivity contribution in [3.63, 3.8) is 0 Å². The van der Waals surface area contributed by atoms with Gasteiger partial charge in [0.05, 0.1) is 11.0 Å². The van der Waals surface area contributed by atoms with Crippen molar-refractivity contribution in [1.82, 2.24) is 4.57 Å². The van der Waals surface area contributed by atoms with E-state index in [0.29, 0.717) is 0 Å². The molecular weight excluding hydrogens is 851 g/mol. The first kappa shape index (κ1) is 41.1. The number of allylic oxidation sites excluding steroid dienone is 1. The molecule has 13 rings (SSSR count). The van der Waals surface area contributed by atoms with Crippen molar-refractivity contribution in [2.75, 3.05) is 9.80 Å². The molecule has 2 heterocycles. The molecule has 0 saturated heterocycles. The number of nitrogens with zero attached hydrogens (tertiary/aromatic N) is 3. The predicted molar refractivity (Wildman–Crippen MR) is 294 cm³/mol. The molecule has 0 atom stereocenters. The number of hydrogen-bond acceptors (Lipinski definition) is 3. The average molecular weight is 898 g/mol. The Morgan fingerprint density at radius 2 is 0.714 bits per heavy atom. The van der Waals surface area contributed by atoms with Crippen molar-refractivity contribution >= 4 is 73.0 Å². The van der Waals surface area contributed by atoms with Crippen molar-refractivity contribution in [3.8, 4) is 39.1 Å². The van der Waals surface area contributed by atoms with E-state index >= 15 is 0 Å². The van der Waals surface area contributed by atoms with Gasteiger partial charge in [0.1, 0.15) is 11.3 Å². The molecule has 10 aromatic carbocycles. The zero-order valence-electron chi connectivity index (χ0n) is 38.5. The first-order valence-electron chi connectivity index (χ1n) is 24.1. The van der Waals surface area contributed by atoms with E-state index in [1.165, 1.54) is 44.0 Å². The SMILES string of the molecule is C1=Cc2oc3ccc(-c4ccc(-n5c6ccc(-c7ccc(N(c8ccccc8)c8ccccc8)cc7)cc6c6cc(-c7ccc(N(c8ccccc8)c8ccccc8)cc7)ccc65)cc4)cc3c2CC1. The van der Waals surface area contributed by atoms with Gasteiger partial charge in [0.25, 0.3) is 0 Å². The van der Waals surface area contributed by atoms with Gasteiger partial charge in [0, 0.05) is 61.5 Å². The van der Waals surface area contributed by atoms with Gasteiger partial charge in [-0.2, -0.15) is 0 Å². The second-order valence-electron chi connectivity index (χ2n) is 18.0. The maximum atomic E-state index is 6.21. The quantitative estimate of drug-likeness (QED) is 0.137. The third kappa shape index (κ3) is 7.44. The monoisotopic (exact) mass is 897 g/mol. The maximum absolute atomic E-state index is 6.21. The lowest BCUT2D eigenvalue weighted by molar-refractivity contribution is 0.595. The number of benzene rings is 10. The predicted octanol–water partition coefficient (Wildman–Crippen LogP) is 18.4. The van der Waals surface area contributed by atoms with Gasteiger partial charge in [-0.15, -0.1) is 0 Å². The molecule has 4 nitrogen and oxygen atoms in total. The van der Waals surface area contributed by atoms with E-state index in [1.54, 1.807) is 0 Å². The van der Waals surface area contributed by atoms with Crippen LogP contribution in [0.2, 0.25) is 0 Å². The highest BCUT2D eigenvalue weighted by Crippen LogP contribution is 2.41. The molecule has 4 heteroatoms. The average Bonchev–Trinajstić information content (AvgIpc) is 3.97. The lowest BCUT2D eigenvalue weighted by Crippen LogP contribution is -2.09. The molecule has 2 aromatic heterocycles. The molecule has 1 aliphatic carbocycles. The molecule has 0 aliphatic heterocycles. The highest BCUT2D eigenvalue weighted by atomic mass is 16.3. The lowest BCUT2D eigenvalue weighted by atomic mass is 9.98. The number of aryl methyl sites for hydroxylation is 1. The number of aromatic nitrogens is 1. The van der Waals surface area contributed by atoms with E-state index < -0.39 is 0 Å². The van der Waals surface area contributed by atoms with Crippen molar-refractivity contribution in [2.24, 2.45) is 0 Å². The molecule has 70 heavy (non-hydrogen) atoms. The fourth-order valence-corrected chi connectivity index (χ4v) is 10.4. The summed E-state index contributed by atoms with van der Waals surface area (Å²) in [6.45, 7) is 0. The van der Waals surface area contributed by atoms with Crippen molar-refractivity contribution in [2.45, 2.75) is 12.8 Å². The van der Waals surface area contributed by atoms with Gasteiger partial charge in [-0.1, -0.05) is 133 Å². The molecule has 0 radical (unpaired) electrons. The summed E-state index contributed by atoms with van der Waals surface area (Å²) in [7, 11) is 0. The van der Waals surface area contributed by atoms with Crippen molar-refractivity contribution < 1.29 is 4.42 Å². The zero-order chi connectivity index (χ0) is 46.4. The van der Waals surface area contributed by atoms with Gasteiger partial charge in [-0.25, -0.2) is 0 Å². The number of hydrogen-bond donors (Lipinski definition) is 0. The molecule has 332 valence electrons. The topological polar surface area (TPSA) is 24.6 Å². The number of anilines is 6. The summed E-state index contributed by atoms with van der Waals surface area (Å²) in [5.74, 6) is 0.996. The Labute approximate surface area is 407 Å². The van der Waals surface area contributed by atoms with Gasteiger partial charge >= 0.3 is 0 Å². The van der Waals surface area contributed by atoms with E-state index in [2.05, 4.69) is 275 Å². The van der Waals surface area contributed by atoms with Crippen LogP contribution in [0, 0.1) is 0 Å². The van der Waals surface area contributed by atoms with E-state index in [1.807, 2.05) is 0 Å². The minimum Gasteiger partial charge on any atom is -0.456 e. The number of fused-ring (bicyclic) bond motifs is 6. The van der Waals surface area contributed by atoms with Crippen LogP contribution in [0.4, 0.5) is 34.1 Å². The van der Waals surface area contributed by atoms with Crippen LogP contribution in [0.5, 0.6) is 0 Å². The zero-order valence-corrected chi connectivity index (χ0v) is 38.5. The summed E-state index contributed by atoms with van der Waals surface area (Å²) in [5, 5.41) is 3.63. The standard InChI is InChI=1S/C66H47N3O/c1-5-15-52(16-6-1)67(53-17-7-2-8-18-53)56-34-25-46(26-35-56)49-31-40-63-60(43-49)61-44-50(47-27-36-57(37-28-47)68(54-19-9-3-10-20-54)55-21-11-4-12-22-55)32-41-64(61)69(63)58-38-29-48(30-39-58)51-33-42-66-62(45-51)59-23-13-14-24-65(59)70-66/h1-12,14-22,24-45H,13,23H2. The normalized spacial score (nSPS) is 12.1. The Kier molecular flexibility index (Phi) is 10.3. The molecular formula is C66H47N3O. The van der Waals surface area contributed by atoms with Gasteiger partial charge in [0.15, 0.2) is 0 Å². The Balaban J connectivity index is 0.902. The second kappa shape index (κ2) is 17.5. The highest BCUT2D eigenvalue weighted by Gasteiger charge is 2.19. The van der Waals surface area contributed by atoms with Crippen molar-refractivity contribution in [3.05, 3.63) is 266 Å². The largest absolute Gasteiger partial charge is 0.456 e. The van der Waals surface area contributed by atoms with E-state index in [9.17, 15) is 0 Å². The molecule has 12 aromatic rings. The Hall–Kier alpha value is -9.12. The molecule has 0 amide bonds. The first-order chi connectivity index (χ1) is 34.7. The first-order valence-corrected chi connectivity index (χ1v) is 24.1. The van der Waals surface area contributed by atoms with Crippen LogP contribution >= 0.6 is 0 Å². The van der Waals surface area contributed by atoms with Crippen LogP contribution in [-0.2, 0) is 6.42 Å². The van der Waals surface area contributed by atoms with E-state index in [0.717, 1.165) is 86.2 Å². The van der Waals surface area contributed by atoms with Crippen LogP contribution in [0.1, 0.15) is 17.7 Å². The highest BCUT2D eigenvalue weighted by molar-refractivity contribution is 6.12. The van der Waals surface area contributed by atoms with Crippen LogP contribution in [0.15, 0.2) is 259 Å². The molecule has 0 saturated carbocycles. The van der Waals surface area contributed by atoms with Crippen molar-refractivity contribution in [1.29, 1.82) is 0 Å². The smallest absolute Gasteiger partial charge is 0.135 e. The summed E-state index contributed by atoms with van der Waals surface area (Å²) in [5.41, 5.74) is 19.4. The Morgan fingerprint density at radius 3 is 1.16 bits per heavy atom. The van der Waals surface area contributed by atoms with Gasteiger partial charge in [-0.05, 0) is 174 Å². The Bertz CT molecular complexity index is 3570. The minimum atomic E-state index is 0.954. The number of para-hydroxylation sites is 4.